The largest absolute Gasteiger partial charge is 0.467 e. The lowest BCUT2D eigenvalue weighted by Crippen LogP contribution is -2.36. The number of carbonyl (C=O) groups excluding carboxylic acids is 1. The molecule has 3 N–H and O–H groups in total. The maximum absolute atomic E-state index is 11.8. The summed E-state index contributed by atoms with van der Waals surface area (Å²) in [6.07, 6.45) is 2.20. The Labute approximate surface area is 110 Å². The average Bonchev–Trinajstić information content (AvgIpc) is 2.85. The van der Waals surface area contributed by atoms with Crippen LogP contribution in [0.15, 0.2) is 22.8 Å². The van der Waals surface area contributed by atoms with Gasteiger partial charge in [0.2, 0.25) is 5.91 Å². The number of rotatable bonds is 7. The van der Waals surface area contributed by atoms with E-state index < -0.39 is 16.0 Å². The molecule has 1 rings (SSSR count). The summed E-state index contributed by atoms with van der Waals surface area (Å²) in [4.78, 5) is 11.7. The number of hydrogen-bond acceptors (Lipinski definition) is 4. The zero-order valence-corrected chi connectivity index (χ0v) is 11.5. The van der Waals surface area contributed by atoms with Crippen LogP contribution in [0.3, 0.4) is 0 Å². The van der Waals surface area contributed by atoms with Gasteiger partial charge in [0.05, 0.1) is 12.8 Å². The van der Waals surface area contributed by atoms with E-state index in [4.69, 9.17) is 10.2 Å². The molecule has 0 fully saturated rings. The molecule has 3 atom stereocenters. The summed E-state index contributed by atoms with van der Waals surface area (Å²) in [7, 11) is -1.19. The van der Waals surface area contributed by atoms with Crippen LogP contribution in [0.2, 0.25) is 0 Å². The van der Waals surface area contributed by atoms with Gasteiger partial charge in [0.15, 0.2) is 0 Å². The molecule has 0 aliphatic heterocycles. The molecule has 0 aliphatic rings. The molecular weight excluding hydrogens is 252 g/mol. The molecule has 1 aromatic heterocycles. The van der Waals surface area contributed by atoms with Crippen molar-refractivity contribution in [3.8, 4) is 0 Å². The molecule has 0 saturated carbocycles. The molecule has 18 heavy (non-hydrogen) atoms. The Balaban J connectivity index is 2.34. The molecule has 6 heteroatoms. The van der Waals surface area contributed by atoms with E-state index in [0.29, 0.717) is 24.5 Å². The van der Waals surface area contributed by atoms with Crippen LogP contribution in [0, 0.1) is 0 Å². The molecule has 0 radical (unpaired) electrons. The summed E-state index contributed by atoms with van der Waals surface area (Å²) in [5.41, 5.74) is 5.59. The third kappa shape index (κ3) is 5.01. The molecule has 1 aromatic rings. The zero-order valence-electron chi connectivity index (χ0n) is 10.7. The molecule has 0 saturated heterocycles. The van der Waals surface area contributed by atoms with E-state index in [9.17, 15) is 9.00 Å². The van der Waals surface area contributed by atoms with E-state index in [1.165, 1.54) is 0 Å². The van der Waals surface area contributed by atoms with E-state index in [1.807, 2.05) is 6.92 Å². The highest BCUT2D eigenvalue weighted by molar-refractivity contribution is 7.86. The van der Waals surface area contributed by atoms with Gasteiger partial charge in [-0.1, -0.05) is 0 Å². The molecule has 0 spiro atoms. The van der Waals surface area contributed by atoms with Gasteiger partial charge in [0.25, 0.3) is 0 Å². The molecule has 0 aliphatic carbocycles. The van der Waals surface area contributed by atoms with Crippen molar-refractivity contribution in [2.75, 3.05) is 5.75 Å². The summed E-state index contributed by atoms with van der Waals surface area (Å²) in [6, 6.07) is 3.54. The molecule has 1 amide bonds. The van der Waals surface area contributed by atoms with Crippen molar-refractivity contribution in [3.05, 3.63) is 24.2 Å². The van der Waals surface area contributed by atoms with Gasteiger partial charge >= 0.3 is 0 Å². The summed E-state index contributed by atoms with van der Waals surface area (Å²) >= 11 is 0. The van der Waals surface area contributed by atoms with Crippen LogP contribution in [0.5, 0.6) is 0 Å². The van der Waals surface area contributed by atoms with Crippen LogP contribution in [0.4, 0.5) is 0 Å². The molecule has 0 aromatic carbocycles. The SMILES string of the molecule is CC(N)CCS(=O)C(C)C(=O)NCc1ccco1. The fourth-order valence-electron chi connectivity index (χ4n) is 1.33. The van der Waals surface area contributed by atoms with Crippen molar-refractivity contribution in [1.29, 1.82) is 0 Å². The quantitative estimate of drug-likeness (QED) is 0.767. The van der Waals surface area contributed by atoms with E-state index >= 15 is 0 Å². The lowest BCUT2D eigenvalue weighted by atomic mass is 10.3. The topological polar surface area (TPSA) is 85.3 Å². The lowest BCUT2D eigenvalue weighted by molar-refractivity contribution is -0.120. The Morgan fingerprint density at radius 2 is 2.28 bits per heavy atom. The van der Waals surface area contributed by atoms with Gasteiger partial charge < -0.3 is 15.5 Å². The van der Waals surface area contributed by atoms with Crippen LogP contribution in [0.1, 0.15) is 26.0 Å². The fourth-order valence-corrected chi connectivity index (χ4v) is 2.61. The second-order valence-corrected chi connectivity index (χ2v) is 6.17. The molecule has 0 bridgehead atoms. The van der Waals surface area contributed by atoms with Crippen LogP contribution in [-0.4, -0.2) is 27.2 Å². The second-order valence-electron chi connectivity index (χ2n) is 4.29. The predicted molar refractivity (Wildman–Crippen MR) is 71.3 cm³/mol. The third-order valence-corrected chi connectivity index (χ3v) is 4.20. The Morgan fingerprint density at radius 1 is 1.56 bits per heavy atom. The minimum absolute atomic E-state index is 0.00679. The number of nitrogens with two attached hydrogens (primary N) is 1. The van der Waals surface area contributed by atoms with Gasteiger partial charge in [-0.3, -0.25) is 9.00 Å². The highest BCUT2D eigenvalue weighted by atomic mass is 32.2. The number of nitrogens with one attached hydrogen (secondary N) is 1. The first-order chi connectivity index (χ1) is 8.50. The highest BCUT2D eigenvalue weighted by Gasteiger charge is 2.19. The summed E-state index contributed by atoms with van der Waals surface area (Å²) < 4.78 is 16.9. The van der Waals surface area contributed by atoms with Crippen LogP contribution >= 0.6 is 0 Å². The van der Waals surface area contributed by atoms with Gasteiger partial charge in [0.1, 0.15) is 11.0 Å². The first-order valence-corrected chi connectivity index (χ1v) is 7.31. The van der Waals surface area contributed by atoms with Crippen molar-refractivity contribution in [1.82, 2.24) is 5.32 Å². The van der Waals surface area contributed by atoms with Crippen molar-refractivity contribution in [2.45, 2.75) is 38.1 Å². The van der Waals surface area contributed by atoms with Crippen molar-refractivity contribution >= 4 is 16.7 Å². The second kappa shape index (κ2) is 7.33. The first kappa shape index (κ1) is 14.9. The molecular formula is C12H20N2O3S. The minimum atomic E-state index is -1.19. The number of furan rings is 1. The smallest absolute Gasteiger partial charge is 0.235 e. The maximum atomic E-state index is 11.8. The van der Waals surface area contributed by atoms with Gasteiger partial charge in [-0.05, 0) is 32.4 Å². The van der Waals surface area contributed by atoms with E-state index in [-0.39, 0.29) is 11.9 Å². The van der Waals surface area contributed by atoms with Gasteiger partial charge in [-0.2, -0.15) is 0 Å². The van der Waals surface area contributed by atoms with E-state index in [1.54, 1.807) is 25.3 Å². The van der Waals surface area contributed by atoms with Gasteiger partial charge in [-0.15, -0.1) is 0 Å². The average molecular weight is 272 g/mol. The summed E-state index contributed by atoms with van der Waals surface area (Å²) in [6.45, 7) is 3.84. The number of amides is 1. The minimum Gasteiger partial charge on any atom is -0.467 e. The normalized spacial score (nSPS) is 15.9. The van der Waals surface area contributed by atoms with E-state index in [2.05, 4.69) is 5.32 Å². The summed E-state index contributed by atoms with van der Waals surface area (Å²) in [5.74, 6) is 0.902. The molecule has 5 nitrogen and oxygen atoms in total. The maximum Gasteiger partial charge on any atom is 0.235 e. The Hall–Kier alpha value is -1.14. The monoisotopic (exact) mass is 272 g/mol. The molecule has 1 heterocycles. The first-order valence-electron chi connectivity index (χ1n) is 5.93. The number of hydrogen-bond donors (Lipinski definition) is 2. The molecule has 102 valence electrons. The Bertz CT molecular complexity index is 390. The summed E-state index contributed by atoms with van der Waals surface area (Å²) in [5, 5.41) is 2.17. The van der Waals surface area contributed by atoms with Crippen LogP contribution in [-0.2, 0) is 22.1 Å². The fraction of sp³-hybridized carbons (Fsp3) is 0.583. The van der Waals surface area contributed by atoms with Crippen molar-refractivity contribution < 1.29 is 13.4 Å². The van der Waals surface area contributed by atoms with Crippen molar-refractivity contribution in [3.63, 3.8) is 0 Å². The Kier molecular flexibility index (Phi) is 6.07. The third-order valence-electron chi connectivity index (χ3n) is 2.55. The lowest BCUT2D eigenvalue weighted by Gasteiger charge is -2.12. The van der Waals surface area contributed by atoms with Crippen molar-refractivity contribution in [2.24, 2.45) is 5.73 Å². The highest BCUT2D eigenvalue weighted by Crippen LogP contribution is 2.03. The van der Waals surface area contributed by atoms with Gasteiger partial charge in [0, 0.05) is 22.6 Å². The predicted octanol–water partition coefficient (Wildman–Crippen LogP) is 0.770. The molecule has 3 unspecified atom stereocenters. The van der Waals surface area contributed by atoms with Crippen LogP contribution < -0.4 is 11.1 Å². The standard InChI is InChI=1S/C12H20N2O3S/c1-9(13)5-7-18(16)10(2)12(15)14-8-11-4-3-6-17-11/h3-4,6,9-10H,5,7-8,13H2,1-2H3,(H,14,15). The van der Waals surface area contributed by atoms with Gasteiger partial charge in [-0.25, -0.2) is 0 Å². The van der Waals surface area contributed by atoms with Crippen LogP contribution in [0.25, 0.3) is 0 Å². The number of carbonyl (C=O) groups is 1. The zero-order chi connectivity index (χ0) is 13.5. The van der Waals surface area contributed by atoms with E-state index in [0.717, 1.165) is 0 Å². The Morgan fingerprint density at radius 3 is 2.83 bits per heavy atom.